The van der Waals surface area contributed by atoms with E-state index in [9.17, 15) is 8.78 Å². The number of rotatable bonds is 5. The van der Waals surface area contributed by atoms with Crippen LogP contribution in [0, 0.1) is 18.6 Å². The maximum absolute atomic E-state index is 13.7. The van der Waals surface area contributed by atoms with Crippen molar-refractivity contribution in [1.82, 2.24) is 4.98 Å². The standard InChI is InChI=1S/C14H17F2N3S/c1-8(6-10-5-4-9(2)20-10)18-14-12(16)7-11(15)13(17-3)19-14/h4-5,7-8H,6H2,1-3H3,(H2,17,18,19). The third-order valence-electron chi connectivity index (χ3n) is 2.85. The summed E-state index contributed by atoms with van der Waals surface area (Å²) in [7, 11) is 1.55. The summed E-state index contributed by atoms with van der Waals surface area (Å²) in [5.41, 5.74) is 0. The lowest BCUT2D eigenvalue weighted by molar-refractivity contribution is 0.576. The van der Waals surface area contributed by atoms with Crippen LogP contribution in [0.1, 0.15) is 16.7 Å². The fourth-order valence-corrected chi connectivity index (χ4v) is 2.94. The fraction of sp³-hybridized carbons (Fsp3) is 0.357. The Labute approximate surface area is 121 Å². The SMILES string of the molecule is CNc1nc(NC(C)Cc2ccc(C)s2)c(F)cc1F. The molecule has 0 radical (unpaired) electrons. The molecule has 0 aromatic carbocycles. The Hall–Kier alpha value is -1.69. The molecule has 2 rings (SSSR count). The van der Waals surface area contributed by atoms with Gasteiger partial charge in [-0.25, -0.2) is 13.8 Å². The number of anilines is 2. The van der Waals surface area contributed by atoms with Gasteiger partial charge in [-0.05, 0) is 26.0 Å². The molecule has 0 spiro atoms. The van der Waals surface area contributed by atoms with Crippen molar-refractivity contribution in [1.29, 1.82) is 0 Å². The first-order valence-electron chi connectivity index (χ1n) is 6.35. The number of hydrogen-bond acceptors (Lipinski definition) is 4. The molecule has 0 bridgehead atoms. The van der Waals surface area contributed by atoms with Gasteiger partial charge >= 0.3 is 0 Å². The van der Waals surface area contributed by atoms with Crippen LogP contribution < -0.4 is 10.6 Å². The van der Waals surface area contributed by atoms with Gasteiger partial charge in [0.2, 0.25) is 0 Å². The molecule has 0 aliphatic rings. The van der Waals surface area contributed by atoms with Gasteiger partial charge in [-0.1, -0.05) is 0 Å². The van der Waals surface area contributed by atoms with Crippen molar-refractivity contribution < 1.29 is 8.78 Å². The summed E-state index contributed by atoms with van der Waals surface area (Å²) in [6.45, 7) is 3.99. The van der Waals surface area contributed by atoms with Crippen molar-refractivity contribution in [3.8, 4) is 0 Å². The minimum Gasteiger partial charge on any atom is -0.371 e. The molecule has 0 amide bonds. The zero-order valence-corrected chi connectivity index (χ0v) is 12.4. The van der Waals surface area contributed by atoms with E-state index in [1.807, 2.05) is 13.8 Å². The third kappa shape index (κ3) is 3.45. The lowest BCUT2D eigenvalue weighted by Gasteiger charge is -2.15. The highest BCUT2D eigenvalue weighted by Gasteiger charge is 2.13. The number of pyridine rings is 1. The van der Waals surface area contributed by atoms with Gasteiger partial charge in [-0.15, -0.1) is 11.3 Å². The molecular weight excluding hydrogens is 280 g/mol. The van der Waals surface area contributed by atoms with Crippen LogP contribution >= 0.6 is 11.3 Å². The topological polar surface area (TPSA) is 37.0 Å². The normalized spacial score (nSPS) is 12.2. The summed E-state index contributed by atoms with van der Waals surface area (Å²) >= 11 is 1.71. The van der Waals surface area contributed by atoms with Crippen LogP contribution in [0.4, 0.5) is 20.4 Å². The summed E-state index contributed by atoms with van der Waals surface area (Å²) in [5, 5.41) is 5.58. The lowest BCUT2D eigenvalue weighted by Crippen LogP contribution is -2.20. The van der Waals surface area contributed by atoms with Crippen LogP contribution in [0.15, 0.2) is 18.2 Å². The first kappa shape index (κ1) is 14.7. The smallest absolute Gasteiger partial charge is 0.168 e. The molecular formula is C14H17F2N3S. The fourth-order valence-electron chi connectivity index (χ4n) is 1.92. The summed E-state index contributed by atoms with van der Waals surface area (Å²) in [6, 6.07) is 4.96. The molecule has 1 atom stereocenters. The molecule has 0 saturated carbocycles. The van der Waals surface area contributed by atoms with Crippen LogP contribution in [-0.2, 0) is 6.42 Å². The van der Waals surface area contributed by atoms with Gasteiger partial charge in [-0.2, -0.15) is 0 Å². The zero-order valence-electron chi connectivity index (χ0n) is 11.6. The molecule has 2 aromatic heterocycles. The Morgan fingerprint density at radius 1 is 1.25 bits per heavy atom. The van der Waals surface area contributed by atoms with Gasteiger partial charge in [0.05, 0.1) is 0 Å². The van der Waals surface area contributed by atoms with E-state index in [0.717, 1.165) is 12.5 Å². The van der Waals surface area contributed by atoms with Crippen molar-refractivity contribution in [3.63, 3.8) is 0 Å². The van der Waals surface area contributed by atoms with Crippen LogP contribution in [0.2, 0.25) is 0 Å². The predicted octanol–water partition coefficient (Wildman–Crippen LogP) is 3.81. The van der Waals surface area contributed by atoms with E-state index in [2.05, 4.69) is 27.8 Å². The molecule has 2 N–H and O–H groups in total. The Bertz CT molecular complexity index is 598. The van der Waals surface area contributed by atoms with Crippen LogP contribution in [0.25, 0.3) is 0 Å². The second-order valence-corrected chi connectivity index (χ2v) is 6.03. The molecule has 0 fully saturated rings. The van der Waals surface area contributed by atoms with Crippen LogP contribution in [-0.4, -0.2) is 18.1 Å². The Morgan fingerprint density at radius 3 is 2.55 bits per heavy atom. The molecule has 3 nitrogen and oxygen atoms in total. The molecule has 1 unspecified atom stereocenters. The number of thiophene rings is 1. The molecule has 6 heteroatoms. The minimum absolute atomic E-state index is 0.00483. The van der Waals surface area contributed by atoms with E-state index in [1.165, 1.54) is 9.75 Å². The quantitative estimate of drug-likeness (QED) is 0.881. The molecule has 0 aliphatic heterocycles. The van der Waals surface area contributed by atoms with Gasteiger partial charge in [0.25, 0.3) is 0 Å². The van der Waals surface area contributed by atoms with E-state index >= 15 is 0 Å². The van der Waals surface area contributed by atoms with E-state index in [0.29, 0.717) is 0 Å². The monoisotopic (exact) mass is 297 g/mol. The van der Waals surface area contributed by atoms with E-state index in [4.69, 9.17) is 0 Å². The lowest BCUT2D eigenvalue weighted by atomic mass is 10.2. The van der Waals surface area contributed by atoms with Crippen LogP contribution in [0.3, 0.4) is 0 Å². The maximum atomic E-state index is 13.7. The summed E-state index contributed by atoms with van der Waals surface area (Å²) < 4.78 is 27.0. The largest absolute Gasteiger partial charge is 0.371 e. The van der Waals surface area contributed by atoms with Crippen molar-refractivity contribution in [2.24, 2.45) is 0 Å². The predicted molar refractivity (Wildman–Crippen MR) is 79.5 cm³/mol. The Balaban J connectivity index is 2.09. The van der Waals surface area contributed by atoms with Gasteiger partial charge in [0, 0.05) is 35.3 Å². The molecule has 0 saturated heterocycles. The third-order valence-corrected chi connectivity index (χ3v) is 3.88. The highest BCUT2D eigenvalue weighted by atomic mass is 32.1. The van der Waals surface area contributed by atoms with E-state index < -0.39 is 11.6 Å². The first-order chi connectivity index (χ1) is 9.49. The molecule has 20 heavy (non-hydrogen) atoms. The Morgan fingerprint density at radius 2 is 1.95 bits per heavy atom. The molecule has 2 heterocycles. The Kier molecular flexibility index (Phi) is 4.54. The minimum atomic E-state index is -0.697. The highest BCUT2D eigenvalue weighted by molar-refractivity contribution is 7.11. The molecule has 0 aliphatic carbocycles. The average Bonchev–Trinajstić information content (AvgIpc) is 2.78. The van der Waals surface area contributed by atoms with Gasteiger partial charge in [-0.3, -0.25) is 0 Å². The second kappa shape index (κ2) is 6.17. The highest BCUT2D eigenvalue weighted by Crippen LogP contribution is 2.21. The van der Waals surface area contributed by atoms with Crippen molar-refractivity contribution in [2.75, 3.05) is 17.7 Å². The zero-order chi connectivity index (χ0) is 14.7. The maximum Gasteiger partial charge on any atom is 0.168 e. The van der Waals surface area contributed by atoms with Gasteiger partial charge in [0.15, 0.2) is 23.3 Å². The first-order valence-corrected chi connectivity index (χ1v) is 7.17. The van der Waals surface area contributed by atoms with Gasteiger partial charge in [0.1, 0.15) is 0 Å². The molecule has 2 aromatic rings. The number of aromatic nitrogens is 1. The number of hydrogen-bond donors (Lipinski definition) is 2. The number of halogens is 2. The van der Waals surface area contributed by atoms with E-state index in [1.54, 1.807) is 18.4 Å². The second-order valence-electron chi connectivity index (χ2n) is 4.66. The van der Waals surface area contributed by atoms with Gasteiger partial charge < -0.3 is 10.6 Å². The average molecular weight is 297 g/mol. The molecule has 108 valence electrons. The number of nitrogens with zero attached hydrogens (tertiary/aromatic N) is 1. The van der Waals surface area contributed by atoms with Crippen molar-refractivity contribution >= 4 is 23.0 Å². The van der Waals surface area contributed by atoms with Crippen molar-refractivity contribution in [3.05, 3.63) is 39.6 Å². The van der Waals surface area contributed by atoms with Crippen LogP contribution in [0.5, 0.6) is 0 Å². The summed E-state index contributed by atoms with van der Waals surface area (Å²) in [6.07, 6.45) is 0.770. The summed E-state index contributed by atoms with van der Waals surface area (Å²) in [5.74, 6) is -1.28. The number of aryl methyl sites for hydroxylation is 1. The number of nitrogens with one attached hydrogen (secondary N) is 2. The summed E-state index contributed by atoms with van der Waals surface area (Å²) in [4.78, 5) is 6.38. The van der Waals surface area contributed by atoms with Crippen molar-refractivity contribution in [2.45, 2.75) is 26.3 Å². The van der Waals surface area contributed by atoms with E-state index in [-0.39, 0.29) is 17.7 Å².